The maximum Gasteiger partial charge on any atom is 0.186 e. The fraction of sp³-hybridized carbons (Fsp3) is 0.200. The Kier molecular flexibility index (Phi) is 2.70. The molecule has 0 fully saturated rings. The van der Waals surface area contributed by atoms with Crippen LogP contribution in [0.1, 0.15) is 10.4 Å². The first-order chi connectivity index (χ1) is 7.29. The van der Waals surface area contributed by atoms with Crippen molar-refractivity contribution in [2.45, 2.75) is 6.54 Å². The highest BCUT2D eigenvalue weighted by atomic mass is 32.1. The van der Waals surface area contributed by atoms with Gasteiger partial charge in [-0.15, -0.1) is 0 Å². The SMILES string of the molecule is CN(Cc1cc[nH]c1)c1ncc(C#N)s1. The van der Waals surface area contributed by atoms with Gasteiger partial charge in [0.1, 0.15) is 10.9 Å². The number of rotatable bonds is 3. The Balaban J connectivity index is 2.08. The van der Waals surface area contributed by atoms with Gasteiger partial charge in [-0.2, -0.15) is 5.26 Å². The molecular formula is C10H10N4S. The predicted molar refractivity (Wildman–Crippen MR) is 59.7 cm³/mol. The molecule has 0 spiro atoms. The molecule has 2 aromatic heterocycles. The van der Waals surface area contributed by atoms with Gasteiger partial charge in [0.25, 0.3) is 0 Å². The largest absolute Gasteiger partial charge is 0.367 e. The van der Waals surface area contributed by atoms with E-state index < -0.39 is 0 Å². The van der Waals surface area contributed by atoms with Crippen LogP contribution in [0, 0.1) is 11.3 Å². The van der Waals surface area contributed by atoms with Crippen molar-refractivity contribution >= 4 is 16.5 Å². The van der Waals surface area contributed by atoms with Crippen molar-refractivity contribution in [2.24, 2.45) is 0 Å². The topological polar surface area (TPSA) is 55.7 Å². The van der Waals surface area contributed by atoms with Crippen LogP contribution in [0.5, 0.6) is 0 Å². The Morgan fingerprint density at radius 1 is 1.67 bits per heavy atom. The van der Waals surface area contributed by atoms with Crippen LogP contribution in [0.15, 0.2) is 24.7 Å². The lowest BCUT2D eigenvalue weighted by atomic mass is 10.3. The van der Waals surface area contributed by atoms with Crippen molar-refractivity contribution < 1.29 is 0 Å². The van der Waals surface area contributed by atoms with Gasteiger partial charge in [0, 0.05) is 26.0 Å². The molecule has 1 N–H and O–H groups in total. The number of anilines is 1. The standard InChI is InChI=1S/C10H10N4S/c1-14(7-8-2-3-12-5-8)10-13-6-9(4-11)15-10/h2-3,5-6,12H,7H2,1H3. The molecule has 2 heterocycles. The third kappa shape index (κ3) is 2.17. The molecule has 0 bridgehead atoms. The molecule has 2 aromatic rings. The van der Waals surface area contributed by atoms with Crippen LogP contribution in [0.2, 0.25) is 0 Å². The summed E-state index contributed by atoms with van der Waals surface area (Å²) in [6, 6.07) is 4.11. The number of nitrogens with zero attached hydrogens (tertiary/aromatic N) is 3. The fourth-order valence-corrected chi connectivity index (χ4v) is 1.96. The van der Waals surface area contributed by atoms with Crippen LogP contribution in [-0.4, -0.2) is 17.0 Å². The van der Waals surface area contributed by atoms with Crippen molar-refractivity contribution in [1.29, 1.82) is 5.26 Å². The minimum atomic E-state index is 0.644. The van der Waals surface area contributed by atoms with Crippen LogP contribution in [0.4, 0.5) is 5.13 Å². The average molecular weight is 218 g/mol. The average Bonchev–Trinajstić information content (AvgIpc) is 2.86. The quantitative estimate of drug-likeness (QED) is 0.857. The summed E-state index contributed by atoms with van der Waals surface area (Å²) in [6.07, 6.45) is 5.45. The summed E-state index contributed by atoms with van der Waals surface area (Å²) in [6.45, 7) is 0.794. The molecule has 0 aliphatic carbocycles. The van der Waals surface area contributed by atoms with Crippen LogP contribution in [0.25, 0.3) is 0 Å². The van der Waals surface area contributed by atoms with E-state index in [9.17, 15) is 0 Å². The van der Waals surface area contributed by atoms with Crippen LogP contribution in [-0.2, 0) is 6.54 Å². The van der Waals surface area contributed by atoms with E-state index >= 15 is 0 Å². The van der Waals surface area contributed by atoms with Gasteiger partial charge >= 0.3 is 0 Å². The molecule has 2 rings (SSSR count). The zero-order valence-electron chi connectivity index (χ0n) is 8.27. The lowest BCUT2D eigenvalue weighted by Gasteiger charge is -2.13. The molecular weight excluding hydrogens is 208 g/mol. The first kappa shape index (κ1) is 9.74. The van der Waals surface area contributed by atoms with Gasteiger partial charge in [0.05, 0.1) is 6.20 Å². The highest BCUT2D eigenvalue weighted by Gasteiger charge is 2.07. The second-order valence-electron chi connectivity index (χ2n) is 3.19. The summed E-state index contributed by atoms with van der Waals surface area (Å²) >= 11 is 1.41. The minimum absolute atomic E-state index is 0.644. The molecule has 0 aliphatic heterocycles. The molecule has 4 nitrogen and oxygen atoms in total. The number of hydrogen-bond donors (Lipinski definition) is 1. The number of aromatic nitrogens is 2. The highest BCUT2D eigenvalue weighted by Crippen LogP contribution is 2.21. The van der Waals surface area contributed by atoms with E-state index in [1.165, 1.54) is 16.9 Å². The van der Waals surface area contributed by atoms with Gasteiger partial charge < -0.3 is 9.88 Å². The summed E-state index contributed by atoms with van der Waals surface area (Å²) in [5, 5.41) is 9.55. The Morgan fingerprint density at radius 3 is 3.13 bits per heavy atom. The maximum atomic E-state index is 8.69. The number of thiazole rings is 1. The molecule has 0 saturated heterocycles. The molecule has 0 unspecified atom stereocenters. The van der Waals surface area contributed by atoms with E-state index in [1.807, 2.05) is 30.4 Å². The monoisotopic (exact) mass is 218 g/mol. The molecule has 5 heteroatoms. The van der Waals surface area contributed by atoms with Crippen molar-refractivity contribution in [1.82, 2.24) is 9.97 Å². The van der Waals surface area contributed by atoms with Crippen LogP contribution >= 0.6 is 11.3 Å². The van der Waals surface area contributed by atoms with E-state index in [2.05, 4.69) is 16.0 Å². The lowest BCUT2D eigenvalue weighted by Crippen LogP contribution is -2.15. The number of nitrogens with one attached hydrogen (secondary N) is 1. The van der Waals surface area contributed by atoms with Crippen LogP contribution in [0.3, 0.4) is 0 Å². The molecule has 76 valence electrons. The molecule has 0 radical (unpaired) electrons. The van der Waals surface area contributed by atoms with Crippen molar-refractivity contribution in [3.05, 3.63) is 35.1 Å². The molecule has 0 amide bonds. The van der Waals surface area contributed by atoms with Gasteiger partial charge in [0.2, 0.25) is 0 Å². The Labute approximate surface area is 91.8 Å². The summed E-state index contributed by atoms with van der Waals surface area (Å²) < 4.78 is 0. The number of H-pyrrole nitrogens is 1. The first-order valence-electron chi connectivity index (χ1n) is 4.48. The second-order valence-corrected chi connectivity index (χ2v) is 4.20. The summed E-state index contributed by atoms with van der Waals surface area (Å²) in [7, 11) is 1.97. The summed E-state index contributed by atoms with van der Waals surface area (Å²) in [5.74, 6) is 0. The van der Waals surface area contributed by atoms with E-state index in [0.29, 0.717) is 4.88 Å². The smallest absolute Gasteiger partial charge is 0.186 e. The zero-order valence-corrected chi connectivity index (χ0v) is 9.08. The van der Waals surface area contributed by atoms with Gasteiger partial charge in [-0.25, -0.2) is 4.98 Å². The van der Waals surface area contributed by atoms with Gasteiger partial charge in [-0.3, -0.25) is 0 Å². The molecule has 0 aliphatic rings. The fourth-order valence-electron chi connectivity index (χ4n) is 1.29. The van der Waals surface area contributed by atoms with Gasteiger partial charge in [0.15, 0.2) is 5.13 Å². The third-order valence-corrected chi connectivity index (χ3v) is 3.03. The van der Waals surface area contributed by atoms with Crippen molar-refractivity contribution in [3.63, 3.8) is 0 Å². The summed E-state index contributed by atoms with van der Waals surface area (Å²) in [5.41, 5.74) is 1.20. The summed E-state index contributed by atoms with van der Waals surface area (Å²) in [4.78, 5) is 9.85. The van der Waals surface area contributed by atoms with Gasteiger partial charge in [-0.1, -0.05) is 11.3 Å². The van der Waals surface area contributed by atoms with Crippen LogP contribution < -0.4 is 4.90 Å². The number of hydrogen-bond acceptors (Lipinski definition) is 4. The van der Waals surface area contributed by atoms with E-state index in [-0.39, 0.29) is 0 Å². The number of aromatic amines is 1. The first-order valence-corrected chi connectivity index (χ1v) is 5.30. The minimum Gasteiger partial charge on any atom is -0.367 e. The Hall–Kier alpha value is -1.80. The Bertz CT molecular complexity index is 466. The predicted octanol–water partition coefficient (Wildman–Crippen LogP) is 1.98. The maximum absolute atomic E-state index is 8.69. The highest BCUT2D eigenvalue weighted by molar-refractivity contribution is 7.16. The molecule has 0 atom stereocenters. The van der Waals surface area contributed by atoms with E-state index in [0.717, 1.165) is 11.7 Å². The Morgan fingerprint density at radius 2 is 2.53 bits per heavy atom. The molecule has 0 saturated carbocycles. The zero-order chi connectivity index (χ0) is 10.7. The molecule has 0 aromatic carbocycles. The van der Waals surface area contributed by atoms with Gasteiger partial charge in [-0.05, 0) is 11.6 Å². The normalized spacial score (nSPS) is 9.87. The second kappa shape index (κ2) is 4.15. The third-order valence-electron chi connectivity index (χ3n) is 2.01. The van der Waals surface area contributed by atoms with E-state index in [1.54, 1.807) is 6.20 Å². The number of nitriles is 1. The van der Waals surface area contributed by atoms with Crippen molar-refractivity contribution in [2.75, 3.05) is 11.9 Å². The lowest BCUT2D eigenvalue weighted by molar-refractivity contribution is 0.916. The van der Waals surface area contributed by atoms with Crippen molar-refractivity contribution in [3.8, 4) is 6.07 Å². The molecule has 15 heavy (non-hydrogen) atoms. The van der Waals surface area contributed by atoms with E-state index in [4.69, 9.17) is 5.26 Å².